The number of Topliss-reactive ketones (excluding diaryl/α,β-unsaturated/α-hetero) is 1. The SMILES string of the molecule is COc1ncc(C(C)=O)c2cc(C)ncc12. The number of aromatic nitrogens is 2. The van der Waals surface area contributed by atoms with Crippen LogP contribution in [0, 0.1) is 6.92 Å². The van der Waals surface area contributed by atoms with Crippen molar-refractivity contribution < 1.29 is 9.53 Å². The molecule has 0 N–H and O–H groups in total. The normalized spacial score (nSPS) is 10.4. The maximum atomic E-state index is 11.5. The van der Waals surface area contributed by atoms with Gasteiger partial charge >= 0.3 is 0 Å². The van der Waals surface area contributed by atoms with E-state index in [-0.39, 0.29) is 5.78 Å². The Balaban J connectivity index is 2.85. The van der Waals surface area contributed by atoms with Crippen LogP contribution in [0.15, 0.2) is 18.5 Å². The van der Waals surface area contributed by atoms with Crippen molar-refractivity contribution in [3.8, 4) is 5.88 Å². The van der Waals surface area contributed by atoms with E-state index in [1.54, 1.807) is 19.5 Å². The molecule has 0 unspecified atom stereocenters. The quantitative estimate of drug-likeness (QED) is 0.722. The number of aryl methyl sites for hydroxylation is 1. The summed E-state index contributed by atoms with van der Waals surface area (Å²) in [5, 5.41) is 1.60. The van der Waals surface area contributed by atoms with Crippen molar-refractivity contribution in [2.75, 3.05) is 7.11 Å². The van der Waals surface area contributed by atoms with Crippen molar-refractivity contribution in [1.82, 2.24) is 9.97 Å². The van der Waals surface area contributed by atoms with Gasteiger partial charge in [0.25, 0.3) is 0 Å². The van der Waals surface area contributed by atoms with Crippen LogP contribution in [0.3, 0.4) is 0 Å². The molecule has 0 aliphatic carbocycles. The van der Waals surface area contributed by atoms with Gasteiger partial charge in [-0.25, -0.2) is 4.98 Å². The highest BCUT2D eigenvalue weighted by atomic mass is 16.5. The van der Waals surface area contributed by atoms with Crippen LogP contribution in [0.5, 0.6) is 5.88 Å². The second kappa shape index (κ2) is 3.89. The zero-order valence-electron chi connectivity index (χ0n) is 9.44. The van der Waals surface area contributed by atoms with E-state index in [9.17, 15) is 4.79 Å². The molecule has 4 heteroatoms. The highest BCUT2D eigenvalue weighted by molar-refractivity contribution is 6.07. The number of fused-ring (bicyclic) bond motifs is 1. The lowest BCUT2D eigenvalue weighted by Gasteiger charge is -2.07. The van der Waals surface area contributed by atoms with Crippen LogP contribution in [-0.2, 0) is 0 Å². The minimum Gasteiger partial charge on any atom is -0.481 e. The first kappa shape index (κ1) is 10.5. The smallest absolute Gasteiger partial charge is 0.222 e. The summed E-state index contributed by atoms with van der Waals surface area (Å²) in [5.74, 6) is 0.484. The van der Waals surface area contributed by atoms with Crippen LogP contribution in [-0.4, -0.2) is 22.9 Å². The van der Waals surface area contributed by atoms with Gasteiger partial charge in [0.05, 0.1) is 12.5 Å². The highest BCUT2D eigenvalue weighted by Gasteiger charge is 2.11. The Hall–Kier alpha value is -1.97. The zero-order valence-corrected chi connectivity index (χ0v) is 9.44. The molecule has 16 heavy (non-hydrogen) atoms. The molecule has 0 saturated carbocycles. The number of hydrogen-bond acceptors (Lipinski definition) is 4. The Morgan fingerprint density at radius 2 is 2.00 bits per heavy atom. The van der Waals surface area contributed by atoms with Gasteiger partial charge in [-0.3, -0.25) is 9.78 Å². The molecule has 82 valence electrons. The topological polar surface area (TPSA) is 52.1 Å². The van der Waals surface area contributed by atoms with Gasteiger partial charge < -0.3 is 4.74 Å². The predicted octanol–water partition coefficient (Wildman–Crippen LogP) is 2.15. The van der Waals surface area contributed by atoms with Crippen LogP contribution in [0.1, 0.15) is 23.0 Å². The molecule has 2 rings (SSSR count). The first-order valence-corrected chi connectivity index (χ1v) is 4.93. The van der Waals surface area contributed by atoms with E-state index in [1.165, 1.54) is 6.92 Å². The Bertz CT molecular complexity index is 564. The van der Waals surface area contributed by atoms with Gasteiger partial charge in [-0.2, -0.15) is 0 Å². The molecular weight excluding hydrogens is 204 g/mol. The van der Waals surface area contributed by atoms with Gasteiger partial charge in [-0.1, -0.05) is 0 Å². The molecule has 0 aliphatic heterocycles. The van der Waals surface area contributed by atoms with Gasteiger partial charge in [-0.15, -0.1) is 0 Å². The van der Waals surface area contributed by atoms with Gasteiger partial charge in [0.15, 0.2) is 5.78 Å². The molecule has 2 heterocycles. The Morgan fingerprint density at radius 3 is 2.62 bits per heavy atom. The van der Waals surface area contributed by atoms with Crippen molar-refractivity contribution >= 4 is 16.6 Å². The average molecular weight is 216 g/mol. The molecule has 0 aliphatic rings. The minimum atomic E-state index is -0.00856. The Kier molecular flexibility index (Phi) is 2.56. The highest BCUT2D eigenvalue weighted by Crippen LogP contribution is 2.26. The standard InChI is InChI=1S/C12H12N2O2/c1-7-4-9-10(8(2)15)5-14-12(16-3)11(9)6-13-7/h4-6H,1-3H3. The number of carbonyl (C=O) groups is 1. The summed E-state index contributed by atoms with van der Waals surface area (Å²) in [7, 11) is 1.55. The van der Waals surface area contributed by atoms with Crippen molar-refractivity contribution in [2.45, 2.75) is 13.8 Å². The maximum Gasteiger partial charge on any atom is 0.222 e. The van der Waals surface area contributed by atoms with E-state index in [0.717, 1.165) is 16.5 Å². The molecule has 0 aromatic carbocycles. The third-order valence-electron chi connectivity index (χ3n) is 2.44. The van der Waals surface area contributed by atoms with Gasteiger partial charge in [-0.05, 0) is 19.9 Å². The summed E-state index contributed by atoms with van der Waals surface area (Å²) in [6.45, 7) is 3.41. The molecular formula is C12H12N2O2. The molecule has 2 aromatic rings. The van der Waals surface area contributed by atoms with Crippen LogP contribution < -0.4 is 4.74 Å². The van der Waals surface area contributed by atoms with Crippen LogP contribution in [0.25, 0.3) is 10.8 Å². The second-order valence-corrected chi connectivity index (χ2v) is 3.61. The summed E-state index contributed by atoms with van der Waals surface area (Å²) in [6, 6.07) is 1.87. The lowest BCUT2D eigenvalue weighted by Crippen LogP contribution is -1.99. The second-order valence-electron chi connectivity index (χ2n) is 3.61. The lowest BCUT2D eigenvalue weighted by atomic mass is 10.1. The average Bonchev–Trinajstić information content (AvgIpc) is 2.26. The Labute approximate surface area is 93.3 Å². The number of nitrogens with zero attached hydrogens (tertiary/aromatic N) is 2. The monoisotopic (exact) mass is 216 g/mol. The van der Waals surface area contributed by atoms with E-state index in [0.29, 0.717) is 11.4 Å². The van der Waals surface area contributed by atoms with Gasteiger partial charge in [0.1, 0.15) is 0 Å². The van der Waals surface area contributed by atoms with Crippen LogP contribution in [0.4, 0.5) is 0 Å². The van der Waals surface area contributed by atoms with E-state index in [2.05, 4.69) is 9.97 Å². The molecule has 0 spiro atoms. The number of carbonyl (C=O) groups excluding carboxylic acids is 1. The fourth-order valence-electron chi connectivity index (χ4n) is 1.66. The van der Waals surface area contributed by atoms with Gasteiger partial charge in [0.2, 0.25) is 5.88 Å². The van der Waals surface area contributed by atoms with Gasteiger partial charge in [0, 0.05) is 29.0 Å². The lowest BCUT2D eigenvalue weighted by molar-refractivity contribution is 0.101. The van der Waals surface area contributed by atoms with E-state index < -0.39 is 0 Å². The molecule has 0 bridgehead atoms. The minimum absolute atomic E-state index is 0.00856. The number of hydrogen-bond donors (Lipinski definition) is 0. The molecule has 0 saturated heterocycles. The third-order valence-corrected chi connectivity index (χ3v) is 2.44. The summed E-state index contributed by atoms with van der Waals surface area (Å²) in [6.07, 6.45) is 3.23. The summed E-state index contributed by atoms with van der Waals surface area (Å²) >= 11 is 0. The zero-order chi connectivity index (χ0) is 11.7. The molecule has 0 amide bonds. The summed E-state index contributed by atoms with van der Waals surface area (Å²) < 4.78 is 5.14. The van der Waals surface area contributed by atoms with Crippen molar-refractivity contribution in [3.05, 3.63) is 29.7 Å². The predicted molar refractivity (Wildman–Crippen MR) is 60.8 cm³/mol. The third kappa shape index (κ3) is 1.62. The number of rotatable bonds is 2. The molecule has 4 nitrogen and oxygen atoms in total. The van der Waals surface area contributed by atoms with Crippen molar-refractivity contribution in [1.29, 1.82) is 0 Å². The van der Waals surface area contributed by atoms with Crippen molar-refractivity contribution in [2.24, 2.45) is 0 Å². The fraction of sp³-hybridized carbons (Fsp3) is 0.250. The Morgan fingerprint density at radius 1 is 1.25 bits per heavy atom. The summed E-state index contributed by atoms with van der Waals surface area (Å²) in [4.78, 5) is 19.7. The summed E-state index contributed by atoms with van der Waals surface area (Å²) in [5.41, 5.74) is 1.46. The molecule has 0 radical (unpaired) electrons. The molecule has 0 fully saturated rings. The van der Waals surface area contributed by atoms with E-state index in [1.807, 2.05) is 13.0 Å². The number of pyridine rings is 2. The van der Waals surface area contributed by atoms with Crippen LogP contribution in [0.2, 0.25) is 0 Å². The first-order chi connectivity index (χ1) is 7.63. The number of ketones is 1. The largest absolute Gasteiger partial charge is 0.481 e. The molecule has 2 aromatic heterocycles. The number of ether oxygens (including phenoxy) is 1. The van der Waals surface area contributed by atoms with E-state index >= 15 is 0 Å². The first-order valence-electron chi connectivity index (χ1n) is 4.93. The fourth-order valence-corrected chi connectivity index (χ4v) is 1.66. The van der Waals surface area contributed by atoms with Crippen LogP contribution >= 0.6 is 0 Å². The number of methoxy groups -OCH3 is 1. The van der Waals surface area contributed by atoms with E-state index in [4.69, 9.17) is 4.74 Å². The molecule has 0 atom stereocenters. The van der Waals surface area contributed by atoms with Crippen molar-refractivity contribution in [3.63, 3.8) is 0 Å². The maximum absolute atomic E-state index is 11.5.